The van der Waals surface area contributed by atoms with Gasteiger partial charge in [-0.1, -0.05) is 18.2 Å². The molecular weight excluding hydrogens is 354 g/mol. The van der Waals surface area contributed by atoms with E-state index in [0.29, 0.717) is 11.5 Å². The van der Waals surface area contributed by atoms with Gasteiger partial charge in [0.2, 0.25) is 5.95 Å². The Hall–Kier alpha value is -3.42. The summed E-state index contributed by atoms with van der Waals surface area (Å²) in [7, 11) is 1.60. The Kier molecular flexibility index (Phi) is 4.45. The van der Waals surface area contributed by atoms with E-state index in [9.17, 15) is 8.78 Å². The zero-order valence-corrected chi connectivity index (χ0v) is 14.3. The molecule has 1 atom stereocenters. The van der Waals surface area contributed by atoms with Gasteiger partial charge in [0.1, 0.15) is 23.9 Å². The number of hydrogen-bond acceptors (Lipinski definition) is 5. The quantitative estimate of drug-likeness (QED) is 0.737. The predicted molar refractivity (Wildman–Crippen MR) is 95.8 cm³/mol. The monoisotopic (exact) mass is 370 g/mol. The first kappa shape index (κ1) is 17.0. The van der Waals surface area contributed by atoms with Crippen LogP contribution < -0.4 is 14.8 Å². The van der Waals surface area contributed by atoms with Crippen molar-refractivity contribution in [2.75, 3.05) is 12.4 Å². The number of fused-ring (bicyclic) bond motifs is 1. The lowest BCUT2D eigenvalue weighted by molar-refractivity contribution is -0.0506. The fourth-order valence-electron chi connectivity index (χ4n) is 3.02. The second-order valence-electron chi connectivity index (χ2n) is 5.82. The van der Waals surface area contributed by atoms with Gasteiger partial charge in [0.15, 0.2) is 0 Å². The van der Waals surface area contributed by atoms with Gasteiger partial charge in [-0.2, -0.15) is 18.9 Å². The van der Waals surface area contributed by atoms with Gasteiger partial charge in [-0.15, -0.1) is 0 Å². The smallest absolute Gasteiger partial charge is 0.387 e. The molecule has 2 heterocycles. The number of alkyl halides is 2. The van der Waals surface area contributed by atoms with E-state index in [1.807, 2.05) is 30.3 Å². The summed E-state index contributed by atoms with van der Waals surface area (Å²) in [6.07, 6.45) is 3.31. The van der Waals surface area contributed by atoms with E-state index >= 15 is 0 Å². The number of halogens is 2. The first-order chi connectivity index (χ1) is 13.2. The van der Waals surface area contributed by atoms with Gasteiger partial charge in [-0.25, -0.2) is 4.68 Å². The third-order valence-electron chi connectivity index (χ3n) is 4.26. The second kappa shape index (κ2) is 7.06. The highest BCUT2D eigenvalue weighted by Crippen LogP contribution is 2.36. The molecule has 0 saturated heterocycles. The fourth-order valence-corrected chi connectivity index (χ4v) is 3.02. The Labute approximate surface area is 154 Å². The van der Waals surface area contributed by atoms with E-state index in [1.165, 1.54) is 12.4 Å². The largest absolute Gasteiger partial charge is 0.497 e. The van der Waals surface area contributed by atoms with E-state index < -0.39 is 12.7 Å². The minimum absolute atomic E-state index is 0.103. The number of anilines is 1. The summed E-state index contributed by atoms with van der Waals surface area (Å²) in [5.74, 6) is 1.36. The molecule has 8 heteroatoms. The lowest BCUT2D eigenvalue weighted by Crippen LogP contribution is -2.21. The summed E-state index contributed by atoms with van der Waals surface area (Å²) in [6, 6.07) is 13.7. The van der Waals surface area contributed by atoms with Crippen molar-refractivity contribution in [2.45, 2.75) is 12.7 Å². The molecule has 6 nitrogen and oxygen atoms in total. The van der Waals surface area contributed by atoms with Crippen LogP contribution in [0, 0.1) is 0 Å². The minimum Gasteiger partial charge on any atom is -0.497 e. The molecule has 138 valence electrons. The molecule has 1 aliphatic rings. The molecule has 1 aliphatic heterocycles. The second-order valence-corrected chi connectivity index (χ2v) is 5.82. The first-order valence-electron chi connectivity index (χ1n) is 8.22. The Morgan fingerprint density at radius 1 is 1.11 bits per heavy atom. The van der Waals surface area contributed by atoms with Crippen LogP contribution in [-0.4, -0.2) is 28.5 Å². The van der Waals surface area contributed by atoms with Crippen LogP contribution in [0.2, 0.25) is 0 Å². The highest BCUT2D eigenvalue weighted by Gasteiger charge is 2.26. The summed E-state index contributed by atoms with van der Waals surface area (Å²) < 4.78 is 37.2. The number of nitrogens with one attached hydrogen (secondary N) is 1. The molecule has 0 amide bonds. The van der Waals surface area contributed by atoms with Gasteiger partial charge in [0.05, 0.1) is 7.11 Å². The Morgan fingerprint density at radius 3 is 2.63 bits per heavy atom. The Bertz CT molecular complexity index is 970. The van der Waals surface area contributed by atoms with Gasteiger partial charge >= 0.3 is 6.61 Å². The molecular formula is C19H16F2N4O2. The molecule has 0 aliphatic carbocycles. The van der Waals surface area contributed by atoms with Gasteiger partial charge < -0.3 is 14.8 Å². The standard InChI is InChI=1S/C19H16F2N4O2/c1-26-13-8-6-12(7-9-13)15-10-16(25-19(24-15)22-11-23-25)14-4-2-3-5-17(14)27-18(20)21/h2-11,16,18H,1H3,(H,22,23,24)/t16-/m1/s1. The number of allylic oxidation sites excluding steroid dienone is 1. The van der Waals surface area contributed by atoms with E-state index in [4.69, 9.17) is 9.47 Å². The normalized spacial score (nSPS) is 15.7. The molecule has 0 radical (unpaired) electrons. The first-order valence-corrected chi connectivity index (χ1v) is 8.22. The molecule has 0 bridgehead atoms. The molecule has 0 spiro atoms. The van der Waals surface area contributed by atoms with E-state index in [0.717, 1.165) is 17.0 Å². The van der Waals surface area contributed by atoms with Crippen molar-refractivity contribution in [3.05, 3.63) is 72.1 Å². The van der Waals surface area contributed by atoms with E-state index in [1.54, 1.807) is 30.0 Å². The van der Waals surface area contributed by atoms with Crippen LogP contribution in [0.1, 0.15) is 17.2 Å². The van der Waals surface area contributed by atoms with Gasteiger partial charge in [0, 0.05) is 11.3 Å². The molecule has 3 aromatic rings. The number of aromatic nitrogens is 3. The number of nitrogens with zero attached hydrogens (tertiary/aromatic N) is 3. The summed E-state index contributed by atoms with van der Waals surface area (Å²) in [4.78, 5) is 4.22. The van der Waals surface area contributed by atoms with Gasteiger partial charge in [-0.05, 0) is 42.0 Å². The van der Waals surface area contributed by atoms with Crippen LogP contribution in [0.5, 0.6) is 11.5 Å². The highest BCUT2D eigenvalue weighted by molar-refractivity contribution is 5.77. The molecule has 4 rings (SSSR count). The maximum atomic E-state index is 12.8. The molecule has 1 aromatic heterocycles. The average molecular weight is 370 g/mol. The number of hydrogen-bond donors (Lipinski definition) is 1. The van der Waals surface area contributed by atoms with Crippen molar-refractivity contribution in [1.29, 1.82) is 0 Å². The molecule has 0 saturated carbocycles. The topological polar surface area (TPSA) is 61.2 Å². The molecule has 0 unspecified atom stereocenters. The third-order valence-corrected chi connectivity index (χ3v) is 4.26. The predicted octanol–water partition coefficient (Wildman–Crippen LogP) is 3.94. The number of benzene rings is 2. The van der Waals surface area contributed by atoms with Crippen LogP contribution in [0.4, 0.5) is 14.7 Å². The molecule has 0 fully saturated rings. The number of rotatable bonds is 5. The number of methoxy groups -OCH3 is 1. The Morgan fingerprint density at radius 2 is 1.89 bits per heavy atom. The van der Waals surface area contributed by atoms with Crippen LogP contribution in [-0.2, 0) is 0 Å². The molecule has 27 heavy (non-hydrogen) atoms. The van der Waals surface area contributed by atoms with Crippen molar-refractivity contribution in [3.8, 4) is 11.5 Å². The Balaban J connectivity index is 1.78. The van der Waals surface area contributed by atoms with Crippen LogP contribution >= 0.6 is 0 Å². The number of ether oxygens (including phenoxy) is 2. The maximum absolute atomic E-state index is 12.8. The van der Waals surface area contributed by atoms with Crippen molar-refractivity contribution in [3.63, 3.8) is 0 Å². The zero-order valence-electron chi connectivity index (χ0n) is 14.3. The highest BCUT2D eigenvalue weighted by atomic mass is 19.3. The van der Waals surface area contributed by atoms with Crippen molar-refractivity contribution in [1.82, 2.24) is 14.8 Å². The van der Waals surface area contributed by atoms with Crippen LogP contribution in [0.15, 0.2) is 60.9 Å². The van der Waals surface area contributed by atoms with Crippen molar-refractivity contribution >= 4 is 11.6 Å². The van der Waals surface area contributed by atoms with Crippen molar-refractivity contribution < 1.29 is 18.3 Å². The zero-order chi connectivity index (χ0) is 18.8. The average Bonchev–Trinajstić information content (AvgIpc) is 3.16. The summed E-state index contributed by atoms with van der Waals surface area (Å²) >= 11 is 0. The third kappa shape index (κ3) is 3.33. The van der Waals surface area contributed by atoms with E-state index in [2.05, 4.69) is 15.4 Å². The lowest BCUT2D eigenvalue weighted by Gasteiger charge is -2.25. The van der Waals surface area contributed by atoms with Crippen LogP contribution in [0.3, 0.4) is 0 Å². The summed E-state index contributed by atoms with van der Waals surface area (Å²) in [5, 5.41) is 7.44. The number of para-hydroxylation sites is 1. The van der Waals surface area contributed by atoms with E-state index in [-0.39, 0.29) is 5.75 Å². The van der Waals surface area contributed by atoms with Crippen LogP contribution in [0.25, 0.3) is 5.70 Å². The summed E-state index contributed by atoms with van der Waals surface area (Å²) in [6.45, 7) is -2.91. The molecule has 2 aromatic carbocycles. The SMILES string of the molecule is COc1ccc(C2=C[C@H](c3ccccc3OC(F)F)n3ncnc3N2)cc1. The lowest BCUT2D eigenvalue weighted by atomic mass is 10.0. The maximum Gasteiger partial charge on any atom is 0.387 e. The molecule has 1 N–H and O–H groups in total. The van der Waals surface area contributed by atoms with Gasteiger partial charge in [-0.3, -0.25) is 0 Å². The fraction of sp³-hybridized carbons (Fsp3) is 0.158. The van der Waals surface area contributed by atoms with Crippen molar-refractivity contribution in [2.24, 2.45) is 0 Å². The summed E-state index contributed by atoms with van der Waals surface area (Å²) in [5.41, 5.74) is 2.26. The minimum atomic E-state index is -2.91. The van der Waals surface area contributed by atoms with Gasteiger partial charge in [0.25, 0.3) is 0 Å².